The van der Waals surface area contributed by atoms with E-state index in [0.29, 0.717) is 25.7 Å². The Labute approximate surface area is 641 Å². The summed E-state index contributed by atoms with van der Waals surface area (Å²) >= 11 is 0. The van der Waals surface area contributed by atoms with Crippen molar-refractivity contribution in [2.75, 3.05) is 39.6 Å². The van der Waals surface area contributed by atoms with Crippen molar-refractivity contribution in [1.29, 1.82) is 0 Å². The number of phosphoric acid groups is 2. The van der Waals surface area contributed by atoms with Gasteiger partial charge in [0.25, 0.3) is 0 Å². The molecule has 0 heterocycles. The Bertz CT molecular complexity index is 2730. The van der Waals surface area contributed by atoms with Crippen LogP contribution in [0.3, 0.4) is 0 Å². The highest BCUT2D eigenvalue weighted by Crippen LogP contribution is 2.45. The SMILES string of the molecule is CC/C=C\C/C=C\C/C=C\C/C=C\C/C=C\CC(=O)OC(COC(=O)CCCCCCCC/C=C\C/C=C\C/C=C\C/C=C\CC)COP(=O)(O)OCC(O)COP(=O)(O)OCC(COC(=O)CCCCCCCCC/C=C\C/C=C\C/C=C\CC)OC(=O)CCCCCCC/C=C\C/C=C\C/C=C\CC. The maximum absolute atomic E-state index is 13.1. The molecule has 0 aliphatic carbocycles. The van der Waals surface area contributed by atoms with E-state index >= 15 is 0 Å². The number of carbonyl (C=O) groups is 4. The predicted octanol–water partition coefficient (Wildman–Crippen LogP) is 23.6. The van der Waals surface area contributed by atoms with Gasteiger partial charge in [0.05, 0.1) is 32.8 Å². The van der Waals surface area contributed by atoms with E-state index < -0.39 is 97.5 Å². The van der Waals surface area contributed by atoms with Crippen LogP contribution in [0.1, 0.15) is 285 Å². The summed E-state index contributed by atoms with van der Waals surface area (Å²) in [4.78, 5) is 73.0. The first-order valence-electron chi connectivity index (χ1n) is 40.0. The van der Waals surface area contributed by atoms with Crippen molar-refractivity contribution in [2.45, 2.75) is 303 Å². The lowest BCUT2D eigenvalue weighted by Gasteiger charge is -2.21. The van der Waals surface area contributed by atoms with Crippen LogP contribution in [0.4, 0.5) is 0 Å². The van der Waals surface area contributed by atoms with Gasteiger partial charge in [-0.05, 0) is 154 Å². The second-order valence-electron chi connectivity index (χ2n) is 25.8. The molecule has 0 saturated heterocycles. The van der Waals surface area contributed by atoms with Crippen molar-refractivity contribution < 1.29 is 80.2 Å². The summed E-state index contributed by atoms with van der Waals surface area (Å²) in [5, 5.41) is 10.6. The number of hydrogen-bond donors (Lipinski definition) is 3. The van der Waals surface area contributed by atoms with E-state index in [9.17, 15) is 43.2 Å². The van der Waals surface area contributed by atoms with Gasteiger partial charge in [-0.3, -0.25) is 37.3 Å². The molecule has 600 valence electrons. The van der Waals surface area contributed by atoms with Crippen LogP contribution in [0.15, 0.2) is 182 Å². The third-order valence-electron chi connectivity index (χ3n) is 15.9. The van der Waals surface area contributed by atoms with Gasteiger partial charge in [0.1, 0.15) is 19.3 Å². The van der Waals surface area contributed by atoms with E-state index in [1.807, 2.05) is 12.2 Å². The molecule has 0 aromatic rings. The van der Waals surface area contributed by atoms with E-state index in [1.165, 1.54) is 0 Å². The van der Waals surface area contributed by atoms with Crippen molar-refractivity contribution in [3.8, 4) is 0 Å². The smallest absolute Gasteiger partial charge is 0.462 e. The summed E-state index contributed by atoms with van der Waals surface area (Å²) in [6.45, 7) is 4.25. The van der Waals surface area contributed by atoms with Crippen LogP contribution in [0, 0.1) is 0 Å². The second kappa shape index (κ2) is 77.3. The molecule has 0 aliphatic rings. The molecule has 0 aromatic heterocycles. The summed E-state index contributed by atoms with van der Waals surface area (Å²) in [6.07, 6.45) is 93.3. The molecule has 5 atom stereocenters. The lowest BCUT2D eigenvalue weighted by Crippen LogP contribution is -2.30. The van der Waals surface area contributed by atoms with E-state index in [0.717, 1.165) is 205 Å². The molecule has 5 unspecified atom stereocenters. The molecule has 0 fully saturated rings. The van der Waals surface area contributed by atoms with Crippen LogP contribution < -0.4 is 0 Å². The van der Waals surface area contributed by atoms with Gasteiger partial charge in [0.2, 0.25) is 0 Å². The molecule has 0 bridgehead atoms. The molecule has 0 rings (SSSR count). The molecule has 0 spiro atoms. The molecule has 0 saturated carbocycles. The molecule has 0 amide bonds. The summed E-state index contributed by atoms with van der Waals surface area (Å²) in [5.74, 6) is -2.38. The Morgan fingerprint density at radius 1 is 0.274 bits per heavy atom. The quantitative estimate of drug-likeness (QED) is 0.0169. The van der Waals surface area contributed by atoms with Gasteiger partial charge >= 0.3 is 39.5 Å². The Kier molecular flexibility index (Phi) is 73.1. The number of aliphatic hydroxyl groups excluding tert-OH is 1. The first-order valence-corrected chi connectivity index (χ1v) is 43.0. The number of aliphatic hydroxyl groups is 1. The molecule has 0 aliphatic heterocycles. The molecule has 3 N–H and O–H groups in total. The minimum atomic E-state index is -5.02. The van der Waals surface area contributed by atoms with Gasteiger partial charge in [-0.25, -0.2) is 9.13 Å². The molecule has 106 heavy (non-hydrogen) atoms. The van der Waals surface area contributed by atoms with E-state index in [-0.39, 0.29) is 25.7 Å². The van der Waals surface area contributed by atoms with Crippen molar-refractivity contribution in [3.05, 3.63) is 182 Å². The number of allylic oxidation sites excluding steroid dienone is 29. The highest BCUT2D eigenvalue weighted by molar-refractivity contribution is 7.47. The van der Waals surface area contributed by atoms with Crippen molar-refractivity contribution in [3.63, 3.8) is 0 Å². The van der Waals surface area contributed by atoms with E-state index in [4.69, 9.17) is 37.0 Å². The van der Waals surface area contributed by atoms with Gasteiger partial charge < -0.3 is 33.8 Å². The average molecular weight is 1520 g/mol. The zero-order valence-electron chi connectivity index (χ0n) is 65.5. The standard InChI is InChI=1S/C87H140O17P2/c1-5-9-13-17-21-25-29-33-37-39-40-42-46-48-52-56-60-64-68-72-85(90)98-78-83(104-87(92)74-70-66-62-58-54-50-44-36-32-28-24-20-16-12-8-4)80-102-106(95,96)100-76-81(88)75-99-105(93,94)101-79-82(103-86(91)73-69-65-61-57-53-49-43-35-31-27-23-19-15-11-7-3)77-97-84(89)71-67-63-59-55-51-47-45-41-38-34-30-26-22-18-14-10-6-2/h9-16,21-28,33-38,40,42-44,54,58,66,70,81-83,88H,5-8,17-20,29-32,39,41,45-53,55-57,59-65,67-69,71-80H2,1-4H3,(H,93,94)(H,95,96)/b13-9-,14-10-,15-11-,16-12-,25-21-,26-22-,27-23-,28-24-,37-33-,38-34-,42-40-,43-35-,44-36-,58-54-,70-66-. The molecule has 17 nitrogen and oxygen atoms in total. The largest absolute Gasteiger partial charge is 0.472 e. The zero-order chi connectivity index (χ0) is 77.4. The molecular weight excluding hydrogens is 1380 g/mol. The maximum atomic E-state index is 13.1. The Balaban J connectivity index is 5.47. The number of ether oxygens (including phenoxy) is 4. The van der Waals surface area contributed by atoms with Gasteiger partial charge in [-0.15, -0.1) is 0 Å². The maximum Gasteiger partial charge on any atom is 0.472 e. The normalized spacial score (nSPS) is 14.8. The molecular formula is C87H140O17P2. The number of esters is 4. The van der Waals surface area contributed by atoms with Crippen molar-refractivity contribution >= 4 is 39.5 Å². The monoisotopic (exact) mass is 1520 g/mol. The van der Waals surface area contributed by atoms with Crippen LogP contribution in [0.2, 0.25) is 0 Å². The third-order valence-corrected chi connectivity index (χ3v) is 17.8. The zero-order valence-corrected chi connectivity index (χ0v) is 67.3. The van der Waals surface area contributed by atoms with E-state index in [2.05, 4.69) is 186 Å². The highest BCUT2D eigenvalue weighted by atomic mass is 31.2. The van der Waals surface area contributed by atoms with Crippen LogP contribution >= 0.6 is 15.6 Å². The fraction of sp³-hybridized carbons (Fsp3) is 0.609. The first-order chi connectivity index (χ1) is 51.7. The topological polar surface area (TPSA) is 237 Å². The predicted molar refractivity (Wildman–Crippen MR) is 436 cm³/mol. The van der Waals surface area contributed by atoms with E-state index in [1.54, 1.807) is 12.2 Å². The Hall–Kier alpha value is -5.84. The lowest BCUT2D eigenvalue weighted by molar-refractivity contribution is -0.161. The lowest BCUT2D eigenvalue weighted by atomic mass is 10.1. The summed E-state index contributed by atoms with van der Waals surface area (Å²) in [5.41, 5.74) is 0. The number of hydrogen-bond acceptors (Lipinski definition) is 15. The minimum absolute atomic E-state index is 0.0642. The number of carbonyl (C=O) groups excluding carboxylic acids is 4. The first kappa shape index (κ1) is 100. The minimum Gasteiger partial charge on any atom is -0.462 e. The van der Waals surface area contributed by atoms with Gasteiger partial charge in [-0.2, -0.15) is 0 Å². The Morgan fingerprint density at radius 3 is 0.792 bits per heavy atom. The summed E-state index contributed by atoms with van der Waals surface area (Å²) < 4.78 is 68.5. The van der Waals surface area contributed by atoms with Crippen LogP contribution in [-0.4, -0.2) is 96.7 Å². The number of phosphoric ester groups is 2. The number of rotatable bonds is 73. The third kappa shape index (κ3) is 76.4. The molecule has 0 radical (unpaired) electrons. The van der Waals surface area contributed by atoms with Crippen molar-refractivity contribution in [1.82, 2.24) is 0 Å². The summed E-state index contributed by atoms with van der Waals surface area (Å²) in [6, 6.07) is 0. The molecule has 0 aromatic carbocycles. The van der Waals surface area contributed by atoms with Crippen LogP contribution in [-0.2, 0) is 65.4 Å². The highest BCUT2D eigenvalue weighted by Gasteiger charge is 2.30. The second-order valence-corrected chi connectivity index (χ2v) is 28.8. The fourth-order valence-corrected chi connectivity index (χ4v) is 11.5. The average Bonchev–Trinajstić information content (AvgIpc) is 0.902. The fourth-order valence-electron chi connectivity index (χ4n) is 9.96. The Morgan fingerprint density at radius 2 is 0.500 bits per heavy atom. The van der Waals surface area contributed by atoms with Gasteiger partial charge in [0, 0.05) is 19.3 Å². The number of unbranched alkanes of at least 4 members (excludes halogenated alkanes) is 18. The van der Waals surface area contributed by atoms with Gasteiger partial charge in [0.15, 0.2) is 12.2 Å². The van der Waals surface area contributed by atoms with Crippen LogP contribution in [0.25, 0.3) is 0 Å². The summed E-state index contributed by atoms with van der Waals surface area (Å²) in [7, 11) is -10.0. The van der Waals surface area contributed by atoms with Crippen molar-refractivity contribution in [2.24, 2.45) is 0 Å². The van der Waals surface area contributed by atoms with Crippen LogP contribution in [0.5, 0.6) is 0 Å². The van der Waals surface area contributed by atoms with Gasteiger partial charge in [-0.1, -0.05) is 287 Å². The molecule has 19 heteroatoms.